The van der Waals surface area contributed by atoms with E-state index in [1.165, 1.54) is 66.1 Å². The van der Waals surface area contributed by atoms with E-state index in [9.17, 15) is 34.1 Å². The Morgan fingerprint density at radius 2 is 1.86 bits per heavy atom. The van der Waals surface area contributed by atoms with Gasteiger partial charge in [-0.05, 0) is 43.0 Å². The Morgan fingerprint density at radius 3 is 2.49 bits per heavy atom. The van der Waals surface area contributed by atoms with Crippen molar-refractivity contribution in [2.75, 3.05) is 12.4 Å². The van der Waals surface area contributed by atoms with Gasteiger partial charge in [0.1, 0.15) is 36.4 Å². The molecule has 4 N–H and O–H groups in total. The molecule has 2 aromatic rings. The van der Waals surface area contributed by atoms with Crippen LogP contribution in [0.25, 0.3) is 0 Å². The summed E-state index contributed by atoms with van der Waals surface area (Å²) in [5.74, 6) is -2.88. The Bertz CT molecular complexity index is 1440. The van der Waals surface area contributed by atoms with Crippen LogP contribution in [0.4, 0.5) is 5.69 Å². The van der Waals surface area contributed by atoms with E-state index in [-0.39, 0.29) is 42.7 Å². The molecule has 1 aromatic carbocycles. The summed E-state index contributed by atoms with van der Waals surface area (Å²) in [7, 11) is 0. The lowest BCUT2D eigenvalue weighted by Crippen LogP contribution is -2.70. The van der Waals surface area contributed by atoms with Crippen LogP contribution in [0.2, 0.25) is 0 Å². The zero-order chi connectivity index (χ0) is 31.3. The van der Waals surface area contributed by atoms with Gasteiger partial charge in [-0.15, -0.1) is 23.1 Å². The van der Waals surface area contributed by atoms with E-state index in [0.717, 1.165) is 4.88 Å². The highest BCUT2D eigenvalue weighted by atomic mass is 32.2. The standard InChI is InChI=1S/C27H29N5O9S2/c1-14(28)23(34)29-15(2)26(36)41-12-17-13-43-25-21(30-20(33)10-19-4-3-9-42-19)24(35)31(25)22(17)27(37)40-11-16-5-7-18(8-6-16)32(38)39/h3-9,14-15,21,25H,10-13,28H2,1-2H3,(H,29,34)(H,30,33)/t14-,15-,21+,25-/m0/s1. The van der Waals surface area contributed by atoms with Crippen molar-refractivity contribution in [3.63, 3.8) is 0 Å². The van der Waals surface area contributed by atoms with Gasteiger partial charge >= 0.3 is 11.9 Å². The molecule has 4 atom stereocenters. The number of nitro benzene ring substituents is 1. The van der Waals surface area contributed by atoms with E-state index in [2.05, 4.69) is 10.6 Å². The fourth-order valence-corrected chi connectivity index (χ4v) is 6.23. The van der Waals surface area contributed by atoms with Crippen molar-refractivity contribution in [3.05, 3.63) is 73.6 Å². The molecule has 14 nitrogen and oxygen atoms in total. The first-order valence-corrected chi connectivity index (χ1v) is 15.0. The summed E-state index contributed by atoms with van der Waals surface area (Å²) in [6.07, 6.45) is 0.109. The number of nitrogens with one attached hydrogen (secondary N) is 2. The Balaban J connectivity index is 1.48. The van der Waals surface area contributed by atoms with E-state index < -0.39 is 52.2 Å². The molecule has 0 aliphatic carbocycles. The Morgan fingerprint density at radius 1 is 1.14 bits per heavy atom. The highest BCUT2D eigenvalue weighted by Crippen LogP contribution is 2.41. The maximum atomic E-state index is 13.3. The minimum absolute atomic E-state index is 0.109. The molecule has 0 unspecified atom stereocenters. The third-order valence-electron chi connectivity index (χ3n) is 6.50. The molecule has 228 valence electrons. The number of rotatable bonds is 12. The highest BCUT2D eigenvalue weighted by molar-refractivity contribution is 8.00. The summed E-state index contributed by atoms with van der Waals surface area (Å²) >= 11 is 2.70. The van der Waals surface area contributed by atoms with Gasteiger partial charge in [0.25, 0.3) is 11.6 Å². The van der Waals surface area contributed by atoms with Crippen LogP contribution >= 0.6 is 23.1 Å². The molecular formula is C27H29N5O9S2. The normalized spacial score (nSPS) is 19.0. The maximum absolute atomic E-state index is 13.3. The first-order chi connectivity index (χ1) is 20.5. The Hall–Kier alpha value is -4.28. The van der Waals surface area contributed by atoms with Crippen molar-refractivity contribution in [1.82, 2.24) is 15.5 Å². The predicted octanol–water partition coefficient (Wildman–Crippen LogP) is 0.991. The number of thiophene rings is 1. The van der Waals surface area contributed by atoms with E-state index in [1.807, 2.05) is 17.5 Å². The number of nitrogens with zero attached hydrogens (tertiary/aromatic N) is 2. The molecule has 0 bridgehead atoms. The van der Waals surface area contributed by atoms with Gasteiger partial charge in [-0.25, -0.2) is 9.59 Å². The smallest absolute Gasteiger partial charge is 0.355 e. The second-order valence-electron chi connectivity index (χ2n) is 9.79. The van der Waals surface area contributed by atoms with Crippen molar-refractivity contribution in [2.24, 2.45) is 5.73 Å². The van der Waals surface area contributed by atoms with Crippen LogP contribution in [0.15, 0.2) is 53.0 Å². The zero-order valence-electron chi connectivity index (χ0n) is 23.1. The Labute approximate surface area is 254 Å². The second-order valence-corrected chi connectivity index (χ2v) is 11.9. The number of hydrogen-bond acceptors (Lipinski definition) is 12. The number of thioether (sulfide) groups is 1. The van der Waals surface area contributed by atoms with Gasteiger partial charge in [0.15, 0.2) is 0 Å². The van der Waals surface area contributed by atoms with Gasteiger partial charge in [0.05, 0.1) is 17.4 Å². The SMILES string of the molecule is C[C@H](N)C(=O)N[C@@H](C)C(=O)OCC1=C(C(=O)OCc2ccc([N+](=O)[O-])cc2)N2C(=O)[C@@H](NC(=O)Cc3cccs3)[C@@H]2SC1. The summed E-state index contributed by atoms with van der Waals surface area (Å²) in [6.45, 7) is 2.28. The summed E-state index contributed by atoms with van der Waals surface area (Å²) in [5, 5.41) is 17.3. The monoisotopic (exact) mass is 631 g/mol. The molecule has 43 heavy (non-hydrogen) atoms. The molecule has 1 aromatic heterocycles. The number of nitrogens with two attached hydrogens (primary N) is 1. The molecule has 3 heterocycles. The lowest BCUT2D eigenvalue weighted by Gasteiger charge is -2.49. The van der Waals surface area contributed by atoms with Crippen molar-refractivity contribution in [3.8, 4) is 0 Å². The molecule has 0 radical (unpaired) electrons. The van der Waals surface area contributed by atoms with Gasteiger partial charge < -0.3 is 25.8 Å². The number of non-ortho nitro benzene ring substituents is 1. The largest absolute Gasteiger partial charge is 0.460 e. The topological polar surface area (TPSA) is 200 Å². The lowest BCUT2D eigenvalue weighted by atomic mass is 10.0. The number of esters is 2. The minimum Gasteiger partial charge on any atom is -0.460 e. The van der Waals surface area contributed by atoms with E-state index >= 15 is 0 Å². The van der Waals surface area contributed by atoms with Crippen molar-refractivity contribution in [2.45, 2.75) is 50.4 Å². The van der Waals surface area contributed by atoms with Crippen molar-refractivity contribution in [1.29, 1.82) is 0 Å². The van der Waals surface area contributed by atoms with Crippen LogP contribution in [0.1, 0.15) is 24.3 Å². The van der Waals surface area contributed by atoms with Crippen molar-refractivity contribution >= 4 is 58.4 Å². The predicted molar refractivity (Wildman–Crippen MR) is 155 cm³/mol. The van der Waals surface area contributed by atoms with Crippen LogP contribution in [0.3, 0.4) is 0 Å². The molecule has 4 rings (SSSR count). The molecule has 2 aliphatic heterocycles. The van der Waals surface area contributed by atoms with Crippen LogP contribution in [0, 0.1) is 10.1 Å². The molecule has 1 saturated heterocycles. The van der Waals surface area contributed by atoms with Crippen LogP contribution in [0.5, 0.6) is 0 Å². The quantitative estimate of drug-likeness (QED) is 0.131. The van der Waals surface area contributed by atoms with Crippen LogP contribution in [-0.4, -0.2) is 75.3 Å². The maximum Gasteiger partial charge on any atom is 0.355 e. The van der Waals surface area contributed by atoms with E-state index in [0.29, 0.717) is 11.1 Å². The van der Waals surface area contributed by atoms with E-state index in [1.54, 1.807) is 0 Å². The number of carbonyl (C=O) groups excluding carboxylic acids is 5. The first-order valence-electron chi connectivity index (χ1n) is 13.1. The third kappa shape index (κ3) is 7.57. The van der Waals surface area contributed by atoms with Crippen LogP contribution < -0.4 is 16.4 Å². The van der Waals surface area contributed by atoms with Gasteiger partial charge in [0, 0.05) is 28.3 Å². The molecule has 0 saturated carbocycles. The van der Waals surface area contributed by atoms with Gasteiger partial charge in [0.2, 0.25) is 11.8 Å². The average Bonchev–Trinajstić information content (AvgIpc) is 3.49. The van der Waals surface area contributed by atoms with Crippen LogP contribution in [-0.2, 0) is 46.5 Å². The fraction of sp³-hybridized carbons (Fsp3) is 0.370. The van der Waals surface area contributed by atoms with Gasteiger partial charge in [-0.1, -0.05) is 6.07 Å². The number of hydrogen-bond donors (Lipinski definition) is 3. The van der Waals surface area contributed by atoms with Gasteiger partial charge in [-0.3, -0.25) is 29.4 Å². The molecule has 0 spiro atoms. The first kappa shape index (κ1) is 31.7. The third-order valence-corrected chi connectivity index (χ3v) is 8.72. The van der Waals surface area contributed by atoms with Gasteiger partial charge in [-0.2, -0.15) is 0 Å². The molecule has 16 heteroatoms. The average molecular weight is 632 g/mol. The summed E-state index contributed by atoms with van der Waals surface area (Å²) < 4.78 is 10.8. The number of β-lactam (4-membered cyclic amide) rings is 1. The number of nitro groups is 1. The summed E-state index contributed by atoms with van der Waals surface area (Å²) in [5.41, 5.74) is 6.05. The van der Waals surface area contributed by atoms with Crippen molar-refractivity contribution < 1.29 is 38.4 Å². The highest BCUT2D eigenvalue weighted by Gasteiger charge is 2.54. The molecular weight excluding hydrogens is 602 g/mol. The van der Waals surface area contributed by atoms with E-state index in [4.69, 9.17) is 15.2 Å². The minimum atomic E-state index is -1.02. The second kappa shape index (κ2) is 13.8. The zero-order valence-corrected chi connectivity index (χ0v) is 24.8. The lowest BCUT2D eigenvalue weighted by molar-refractivity contribution is -0.384. The number of amides is 3. The molecule has 3 amide bonds. The number of carbonyl (C=O) groups is 5. The number of ether oxygens (including phenoxy) is 2. The number of fused-ring (bicyclic) bond motifs is 1. The molecule has 2 aliphatic rings. The summed E-state index contributed by atoms with van der Waals surface area (Å²) in [6, 6.07) is 6.33. The fourth-order valence-electron chi connectivity index (χ4n) is 4.20. The number of benzene rings is 1. The summed E-state index contributed by atoms with van der Waals surface area (Å²) in [4.78, 5) is 75.9. The Kier molecular flexibility index (Phi) is 10.2. The molecule has 1 fully saturated rings.